The van der Waals surface area contributed by atoms with Crippen LogP contribution in [-0.4, -0.2) is 10.5 Å². The van der Waals surface area contributed by atoms with E-state index in [-0.39, 0.29) is 0 Å². The van der Waals surface area contributed by atoms with Crippen LogP contribution in [0.25, 0.3) is 0 Å². The largest absolute Gasteiger partial charge is 0.176 e. The molecule has 11 heavy (non-hydrogen) atoms. The average molecular weight is 192 g/mol. The van der Waals surface area contributed by atoms with Crippen molar-refractivity contribution in [3.8, 4) is 0 Å². The Kier molecular flexibility index (Phi) is 7.82. The highest BCUT2D eigenvalue weighted by molar-refractivity contribution is 7.81. The quantitative estimate of drug-likeness (QED) is 0.591. The van der Waals surface area contributed by atoms with Crippen molar-refractivity contribution in [2.45, 2.75) is 56.5 Å². The van der Waals surface area contributed by atoms with Crippen molar-refractivity contribution < 1.29 is 0 Å². The summed E-state index contributed by atoms with van der Waals surface area (Å²) in [4.78, 5) is 0. The van der Waals surface area contributed by atoms with Gasteiger partial charge in [-0.05, 0) is 25.7 Å². The molecule has 0 aliphatic carbocycles. The lowest BCUT2D eigenvalue weighted by Crippen LogP contribution is -2.00. The summed E-state index contributed by atoms with van der Waals surface area (Å²) in [6.07, 6.45) is 6.15. The lowest BCUT2D eigenvalue weighted by atomic mass is 10.1. The van der Waals surface area contributed by atoms with Gasteiger partial charge in [-0.1, -0.05) is 20.3 Å². The lowest BCUT2D eigenvalue weighted by molar-refractivity contribution is 0.623. The Labute approximate surface area is 82.0 Å². The van der Waals surface area contributed by atoms with Crippen molar-refractivity contribution in [3.63, 3.8) is 0 Å². The Hall–Kier alpha value is 0.700. The molecule has 0 saturated carbocycles. The average Bonchev–Trinajstić information content (AvgIpc) is 2.04. The number of hydrogen-bond donors (Lipinski definition) is 2. The van der Waals surface area contributed by atoms with Crippen LogP contribution in [0.4, 0.5) is 0 Å². The van der Waals surface area contributed by atoms with Crippen LogP contribution in [0, 0.1) is 0 Å². The topological polar surface area (TPSA) is 0 Å². The first-order valence-electron chi connectivity index (χ1n) is 4.56. The highest BCUT2D eigenvalue weighted by atomic mass is 32.1. The van der Waals surface area contributed by atoms with Gasteiger partial charge in [0.1, 0.15) is 0 Å². The predicted molar refractivity (Wildman–Crippen MR) is 60.0 cm³/mol. The monoisotopic (exact) mass is 192 g/mol. The molecule has 0 heterocycles. The summed E-state index contributed by atoms with van der Waals surface area (Å²) in [5.41, 5.74) is 0. The summed E-state index contributed by atoms with van der Waals surface area (Å²) in [5, 5.41) is 1.21. The van der Waals surface area contributed by atoms with Crippen molar-refractivity contribution in [3.05, 3.63) is 0 Å². The van der Waals surface area contributed by atoms with Crippen LogP contribution in [0.5, 0.6) is 0 Å². The Morgan fingerprint density at radius 1 is 0.909 bits per heavy atom. The molecule has 2 atom stereocenters. The van der Waals surface area contributed by atoms with Gasteiger partial charge >= 0.3 is 0 Å². The highest BCUT2D eigenvalue weighted by Crippen LogP contribution is 2.15. The van der Waals surface area contributed by atoms with Gasteiger partial charge in [0.15, 0.2) is 0 Å². The van der Waals surface area contributed by atoms with Gasteiger partial charge in [0, 0.05) is 10.5 Å². The normalized spacial score (nSPS) is 16.4. The van der Waals surface area contributed by atoms with E-state index in [1.807, 2.05) is 0 Å². The fourth-order valence-electron chi connectivity index (χ4n) is 0.997. The van der Waals surface area contributed by atoms with Gasteiger partial charge in [-0.2, -0.15) is 25.3 Å². The molecule has 0 aromatic heterocycles. The summed E-state index contributed by atoms with van der Waals surface area (Å²) in [6, 6.07) is 0. The summed E-state index contributed by atoms with van der Waals surface area (Å²) < 4.78 is 0. The second-order valence-corrected chi connectivity index (χ2v) is 4.52. The van der Waals surface area contributed by atoms with Gasteiger partial charge in [-0.3, -0.25) is 0 Å². The van der Waals surface area contributed by atoms with Crippen molar-refractivity contribution in [1.29, 1.82) is 0 Å². The maximum absolute atomic E-state index is 4.44. The predicted octanol–water partition coefficient (Wildman–Crippen LogP) is 3.57. The highest BCUT2D eigenvalue weighted by Gasteiger charge is 2.02. The molecular formula is C9H20S2. The zero-order valence-corrected chi connectivity index (χ0v) is 9.37. The zero-order valence-electron chi connectivity index (χ0n) is 7.58. The van der Waals surface area contributed by atoms with Crippen LogP contribution in [0.3, 0.4) is 0 Å². The van der Waals surface area contributed by atoms with Crippen LogP contribution in [0.2, 0.25) is 0 Å². The minimum absolute atomic E-state index is 0.604. The number of rotatable bonds is 6. The van der Waals surface area contributed by atoms with Crippen molar-refractivity contribution >= 4 is 25.3 Å². The molecule has 0 nitrogen and oxygen atoms in total. The van der Waals surface area contributed by atoms with Gasteiger partial charge in [0.2, 0.25) is 0 Å². The molecule has 0 aromatic rings. The van der Waals surface area contributed by atoms with E-state index < -0.39 is 0 Å². The maximum Gasteiger partial charge on any atom is 0.00141 e. The molecule has 0 aliphatic heterocycles. The van der Waals surface area contributed by atoms with Crippen molar-refractivity contribution in [2.75, 3.05) is 0 Å². The molecule has 2 heteroatoms. The van der Waals surface area contributed by atoms with E-state index >= 15 is 0 Å². The summed E-state index contributed by atoms with van der Waals surface area (Å²) >= 11 is 8.87. The number of thiol groups is 2. The van der Waals surface area contributed by atoms with Gasteiger partial charge in [0.25, 0.3) is 0 Å². The van der Waals surface area contributed by atoms with E-state index in [0.717, 1.165) is 0 Å². The first kappa shape index (κ1) is 11.7. The van der Waals surface area contributed by atoms with Crippen LogP contribution in [0.1, 0.15) is 46.0 Å². The van der Waals surface area contributed by atoms with E-state index in [0.29, 0.717) is 10.5 Å². The fourth-order valence-corrected chi connectivity index (χ4v) is 1.36. The Bertz CT molecular complexity index is 73.6. The molecule has 0 rings (SSSR count). The van der Waals surface area contributed by atoms with Crippen molar-refractivity contribution in [1.82, 2.24) is 0 Å². The molecule has 0 amide bonds. The summed E-state index contributed by atoms with van der Waals surface area (Å²) in [7, 11) is 0. The second kappa shape index (κ2) is 7.35. The van der Waals surface area contributed by atoms with Crippen LogP contribution >= 0.6 is 25.3 Å². The third-order valence-electron chi connectivity index (χ3n) is 2.02. The first-order chi connectivity index (χ1) is 5.20. The SMILES string of the molecule is CCC(S)CCCC(S)CC. The molecule has 0 fully saturated rings. The van der Waals surface area contributed by atoms with Crippen LogP contribution < -0.4 is 0 Å². The lowest BCUT2D eigenvalue weighted by Gasteiger charge is -2.09. The number of hydrogen-bond acceptors (Lipinski definition) is 2. The molecule has 0 saturated heterocycles. The van der Waals surface area contributed by atoms with Gasteiger partial charge in [0.05, 0.1) is 0 Å². The summed E-state index contributed by atoms with van der Waals surface area (Å²) in [6.45, 7) is 4.38. The fraction of sp³-hybridized carbons (Fsp3) is 1.00. The standard InChI is InChI=1S/C9H20S2/c1-3-8(10)6-5-7-9(11)4-2/h8-11H,3-7H2,1-2H3. The minimum atomic E-state index is 0.604. The van der Waals surface area contributed by atoms with Crippen LogP contribution in [-0.2, 0) is 0 Å². The molecule has 0 spiro atoms. The third-order valence-corrected chi connectivity index (χ3v) is 3.26. The smallest absolute Gasteiger partial charge is 0.00141 e. The molecule has 0 aliphatic rings. The summed E-state index contributed by atoms with van der Waals surface area (Å²) in [5.74, 6) is 0. The molecule has 0 N–H and O–H groups in total. The molecule has 2 unspecified atom stereocenters. The van der Waals surface area contributed by atoms with E-state index in [1.165, 1.54) is 32.1 Å². The van der Waals surface area contributed by atoms with E-state index in [9.17, 15) is 0 Å². The second-order valence-electron chi connectivity index (χ2n) is 3.06. The molecule has 0 bridgehead atoms. The Morgan fingerprint density at radius 3 is 1.55 bits per heavy atom. The maximum atomic E-state index is 4.44. The van der Waals surface area contributed by atoms with Gasteiger partial charge in [-0.25, -0.2) is 0 Å². The molecule has 0 aromatic carbocycles. The Balaban J connectivity index is 3.13. The van der Waals surface area contributed by atoms with Gasteiger partial charge in [-0.15, -0.1) is 0 Å². The first-order valence-corrected chi connectivity index (χ1v) is 5.60. The minimum Gasteiger partial charge on any atom is -0.176 e. The van der Waals surface area contributed by atoms with E-state index in [4.69, 9.17) is 0 Å². The Morgan fingerprint density at radius 2 is 1.27 bits per heavy atom. The molecular weight excluding hydrogens is 172 g/mol. The van der Waals surface area contributed by atoms with E-state index in [1.54, 1.807) is 0 Å². The molecule has 68 valence electrons. The van der Waals surface area contributed by atoms with Crippen LogP contribution in [0.15, 0.2) is 0 Å². The van der Waals surface area contributed by atoms with E-state index in [2.05, 4.69) is 39.1 Å². The zero-order chi connectivity index (χ0) is 8.69. The van der Waals surface area contributed by atoms with Gasteiger partial charge < -0.3 is 0 Å². The van der Waals surface area contributed by atoms with Crippen molar-refractivity contribution in [2.24, 2.45) is 0 Å². The molecule has 0 radical (unpaired) electrons. The third kappa shape index (κ3) is 7.07.